The van der Waals surface area contributed by atoms with Crippen LogP contribution in [0.5, 0.6) is 0 Å². The van der Waals surface area contributed by atoms with E-state index in [2.05, 4.69) is 35.3 Å². The molecule has 1 unspecified atom stereocenters. The van der Waals surface area contributed by atoms with Gasteiger partial charge < -0.3 is 10.2 Å². The minimum atomic E-state index is -1.28. The zero-order valence-electron chi connectivity index (χ0n) is 19.2. The third-order valence-corrected chi connectivity index (χ3v) is 7.98. The molecule has 3 aliphatic rings. The summed E-state index contributed by atoms with van der Waals surface area (Å²) in [4.78, 5) is 15.8. The van der Waals surface area contributed by atoms with Crippen LogP contribution in [0.25, 0.3) is 0 Å². The smallest absolute Gasteiger partial charge is 0.230 e. The average molecular weight is 427 g/mol. The lowest BCUT2D eigenvalue weighted by molar-refractivity contribution is -0.129. The first kappa shape index (κ1) is 22.5. The Kier molecular flexibility index (Phi) is 7.15. The molecule has 1 N–H and O–H groups in total. The summed E-state index contributed by atoms with van der Waals surface area (Å²) in [5.41, 5.74) is 0.835. The van der Waals surface area contributed by atoms with Crippen LogP contribution < -0.4 is 5.32 Å². The van der Waals surface area contributed by atoms with Crippen molar-refractivity contribution in [2.45, 2.75) is 82.2 Å². The molecule has 1 aromatic rings. The number of nitrogens with one attached hydrogen (secondary N) is 1. The van der Waals surface area contributed by atoms with E-state index in [9.17, 15) is 4.79 Å². The fourth-order valence-electron chi connectivity index (χ4n) is 6.01. The molecule has 2 fully saturated rings. The monoisotopic (exact) mass is 426 g/mol. The van der Waals surface area contributed by atoms with Crippen molar-refractivity contribution in [1.29, 1.82) is 0 Å². The van der Waals surface area contributed by atoms with E-state index in [0.29, 0.717) is 18.8 Å². The van der Waals surface area contributed by atoms with Gasteiger partial charge in [0, 0.05) is 19.6 Å². The number of piperidine rings is 1. The van der Waals surface area contributed by atoms with Crippen LogP contribution >= 0.6 is 0 Å². The fourth-order valence-corrected chi connectivity index (χ4v) is 6.01. The number of halogens is 1. The highest BCUT2D eigenvalue weighted by Crippen LogP contribution is 2.40. The molecule has 0 aromatic heterocycles. The Morgan fingerprint density at radius 3 is 2.48 bits per heavy atom. The third-order valence-electron chi connectivity index (χ3n) is 7.98. The molecule has 4 rings (SSSR count). The van der Waals surface area contributed by atoms with Gasteiger partial charge >= 0.3 is 0 Å². The second-order valence-corrected chi connectivity index (χ2v) is 10.3. The summed E-state index contributed by atoms with van der Waals surface area (Å²) >= 11 is 0. The molecule has 170 valence electrons. The van der Waals surface area contributed by atoms with Gasteiger partial charge in [0.05, 0.1) is 12.0 Å². The predicted octanol–water partition coefficient (Wildman–Crippen LogP) is 5.56. The van der Waals surface area contributed by atoms with Crippen molar-refractivity contribution in [3.8, 4) is 0 Å². The van der Waals surface area contributed by atoms with Gasteiger partial charge in [0.2, 0.25) is 5.91 Å². The van der Waals surface area contributed by atoms with E-state index in [-0.39, 0.29) is 12.5 Å². The van der Waals surface area contributed by atoms with Crippen LogP contribution in [-0.2, 0) is 10.2 Å². The van der Waals surface area contributed by atoms with Gasteiger partial charge in [-0.2, -0.15) is 0 Å². The van der Waals surface area contributed by atoms with E-state index >= 15 is 4.39 Å². The first-order valence-electron chi connectivity index (χ1n) is 12.4. The van der Waals surface area contributed by atoms with Gasteiger partial charge in [-0.1, -0.05) is 61.2 Å². The molecule has 3 nitrogen and oxygen atoms in total. The summed E-state index contributed by atoms with van der Waals surface area (Å²) in [7, 11) is 0. The number of carbonyl (C=O) groups excluding carboxylic acids is 1. The lowest BCUT2D eigenvalue weighted by Crippen LogP contribution is -2.53. The van der Waals surface area contributed by atoms with Crippen LogP contribution in [0.2, 0.25) is 0 Å². The van der Waals surface area contributed by atoms with Crippen molar-refractivity contribution in [2.75, 3.05) is 26.2 Å². The molecule has 1 heterocycles. The zero-order chi connectivity index (χ0) is 21.7. The number of amides is 1. The number of hydrogen-bond donors (Lipinski definition) is 1. The first-order valence-corrected chi connectivity index (χ1v) is 12.4. The Bertz CT molecular complexity index is 761. The Hall–Kier alpha value is -1.68. The van der Waals surface area contributed by atoms with E-state index in [4.69, 9.17) is 0 Å². The highest BCUT2D eigenvalue weighted by Gasteiger charge is 2.43. The summed E-state index contributed by atoms with van der Waals surface area (Å²) in [6.45, 7) is 5.07. The molecule has 4 heteroatoms. The van der Waals surface area contributed by atoms with Crippen LogP contribution in [0.1, 0.15) is 76.7 Å². The van der Waals surface area contributed by atoms with Gasteiger partial charge in [-0.05, 0) is 63.4 Å². The number of benzene rings is 1. The summed E-state index contributed by atoms with van der Waals surface area (Å²) in [6.07, 6.45) is 12.1. The summed E-state index contributed by atoms with van der Waals surface area (Å²) in [5, 5.41) is 3.06. The molecule has 0 radical (unpaired) electrons. The molecular formula is C27H39FN2O. The van der Waals surface area contributed by atoms with Gasteiger partial charge in [0.15, 0.2) is 0 Å². The van der Waals surface area contributed by atoms with Crippen molar-refractivity contribution in [3.05, 3.63) is 47.5 Å². The molecule has 0 bridgehead atoms. The molecule has 0 spiro atoms. The predicted molar refractivity (Wildman–Crippen MR) is 125 cm³/mol. The average Bonchev–Trinajstić information content (AvgIpc) is 2.80. The van der Waals surface area contributed by atoms with E-state index in [1.54, 1.807) is 0 Å². The highest BCUT2D eigenvalue weighted by molar-refractivity contribution is 5.88. The molecule has 1 aliphatic heterocycles. The van der Waals surface area contributed by atoms with Gasteiger partial charge in [-0.15, -0.1) is 0 Å². The van der Waals surface area contributed by atoms with Crippen molar-refractivity contribution >= 4 is 5.91 Å². The molecule has 31 heavy (non-hydrogen) atoms. The SMILES string of the molecule is CC1=CCCC(CN2CCC(F)(CNC(=O)C3(c4ccccc4)CCCCC3)CC2)C1. The Morgan fingerprint density at radius 1 is 1.10 bits per heavy atom. The number of allylic oxidation sites excluding steroid dienone is 2. The number of carbonyl (C=O) groups is 1. The molecule has 1 amide bonds. The third kappa shape index (κ3) is 5.39. The van der Waals surface area contributed by atoms with Crippen LogP contribution in [0.4, 0.5) is 4.39 Å². The van der Waals surface area contributed by atoms with Crippen molar-refractivity contribution < 1.29 is 9.18 Å². The van der Waals surface area contributed by atoms with Crippen LogP contribution in [-0.4, -0.2) is 42.7 Å². The van der Waals surface area contributed by atoms with E-state index < -0.39 is 11.1 Å². The molecule has 1 atom stereocenters. The minimum Gasteiger partial charge on any atom is -0.352 e. The van der Waals surface area contributed by atoms with Crippen LogP contribution in [0.15, 0.2) is 42.0 Å². The van der Waals surface area contributed by atoms with Crippen LogP contribution in [0.3, 0.4) is 0 Å². The van der Waals surface area contributed by atoms with E-state index in [1.807, 2.05) is 18.2 Å². The summed E-state index contributed by atoms with van der Waals surface area (Å²) in [6, 6.07) is 10.1. The topological polar surface area (TPSA) is 32.3 Å². The minimum absolute atomic E-state index is 0.0299. The molecule has 1 saturated carbocycles. The van der Waals surface area contributed by atoms with Gasteiger partial charge in [-0.3, -0.25) is 4.79 Å². The largest absolute Gasteiger partial charge is 0.352 e. The number of alkyl halides is 1. The Balaban J connectivity index is 1.31. The molecule has 1 saturated heterocycles. The zero-order valence-corrected chi connectivity index (χ0v) is 19.2. The maximum atomic E-state index is 15.6. The van der Waals surface area contributed by atoms with Crippen molar-refractivity contribution in [2.24, 2.45) is 5.92 Å². The lowest BCUT2D eigenvalue weighted by Gasteiger charge is -2.40. The lowest BCUT2D eigenvalue weighted by atomic mass is 9.68. The number of rotatable bonds is 6. The van der Waals surface area contributed by atoms with Crippen molar-refractivity contribution in [1.82, 2.24) is 10.2 Å². The Morgan fingerprint density at radius 2 is 1.81 bits per heavy atom. The molecular weight excluding hydrogens is 387 g/mol. The molecule has 2 aliphatic carbocycles. The van der Waals surface area contributed by atoms with Gasteiger partial charge in [0.1, 0.15) is 5.67 Å². The number of hydrogen-bond acceptors (Lipinski definition) is 2. The van der Waals surface area contributed by atoms with Gasteiger partial charge in [0.25, 0.3) is 0 Å². The maximum absolute atomic E-state index is 15.6. The normalized spacial score (nSPS) is 26.1. The molecule has 1 aromatic carbocycles. The van der Waals surface area contributed by atoms with E-state index in [0.717, 1.165) is 50.9 Å². The highest BCUT2D eigenvalue weighted by atomic mass is 19.1. The summed E-state index contributed by atoms with van der Waals surface area (Å²) in [5.74, 6) is 0.746. The second-order valence-electron chi connectivity index (χ2n) is 10.3. The van der Waals surface area contributed by atoms with Gasteiger partial charge in [-0.25, -0.2) is 4.39 Å². The first-order chi connectivity index (χ1) is 15.0. The maximum Gasteiger partial charge on any atom is 0.230 e. The number of nitrogens with zero attached hydrogens (tertiary/aromatic N) is 1. The Labute approximate surface area is 187 Å². The fraction of sp³-hybridized carbons (Fsp3) is 0.667. The standard InChI is InChI=1S/C27H39FN2O/c1-22-9-8-10-23(19-22)20-30-17-15-26(28,16-18-30)21-29-25(31)27(13-6-3-7-14-27)24-11-4-2-5-12-24/h2,4-5,9,11-12,23H,3,6-8,10,13-21H2,1H3,(H,29,31). The van der Waals surface area contributed by atoms with E-state index in [1.165, 1.54) is 31.3 Å². The van der Waals surface area contributed by atoms with Crippen LogP contribution in [0, 0.1) is 5.92 Å². The van der Waals surface area contributed by atoms with Crippen molar-refractivity contribution in [3.63, 3.8) is 0 Å². The quantitative estimate of drug-likeness (QED) is 0.605. The summed E-state index contributed by atoms with van der Waals surface area (Å²) < 4.78 is 15.6. The second kappa shape index (κ2) is 9.85. The number of likely N-dealkylation sites (tertiary alicyclic amines) is 1.